The maximum atomic E-state index is 6.38. The Morgan fingerprint density at radius 2 is 1.04 bits per heavy atom. The summed E-state index contributed by atoms with van der Waals surface area (Å²) in [6.07, 6.45) is 4.20. The van der Waals surface area contributed by atoms with Gasteiger partial charge in [-0.15, -0.1) is 11.3 Å². The van der Waals surface area contributed by atoms with E-state index in [1.54, 1.807) is 0 Å². The van der Waals surface area contributed by atoms with E-state index < -0.39 is 0 Å². The molecule has 5 nitrogen and oxygen atoms in total. The van der Waals surface area contributed by atoms with Crippen LogP contribution in [0, 0.1) is 0 Å². The minimum Gasteiger partial charge on any atom is -0.488 e. The molecule has 0 radical (unpaired) electrons. The van der Waals surface area contributed by atoms with Gasteiger partial charge in [-0.05, 0) is 214 Å². The van der Waals surface area contributed by atoms with Crippen LogP contribution in [0.2, 0.25) is 0 Å². The Kier molecular flexibility index (Phi) is 13.2. The summed E-state index contributed by atoms with van der Waals surface area (Å²) in [5.41, 5.74) is 21.7. The summed E-state index contributed by atoms with van der Waals surface area (Å²) in [6.45, 7) is 15.1. The third-order valence-corrected chi connectivity index (χ3v) is 19.5. The SMILES string of the molecule is C=Cc1ccc2c(c1)C(C)(C)c1cc(N(c3ccc4c(ccc5cc(N(c6ccccc6)c6cccc(OC(C)(C)C)c6)ccc54)c3)c3cccc(-c4cccc5sc6c(N(c7ccc(-c8ccccc8)cc7)c7ccc8c(c7)CC8)cccc6c45)n3)ccc1-2. The molecule has 0 bridgehead atoms. The third kappa shape index (κ3) is 9.58. The molecule has 12 aromatic carbocycles. The molecule has 90 heavy (non-hydrogen) atoms. The van der Waals surface area contributed by atoms with Crippen molar-refractivity contribution in [1.82, 2.24) is 4.98 Å². The summed E-state index contributed by atoms with van der Waals surface area (Å²) >= 11 is 1.86. The van der Waals surface area contributed by atoms with Crippen molar-refractivity contribution in [2.24, 2.45) is 0 Å². The van der Waals surface area contributed by atoms with Gasteiger partial charge in [0.15, 0.2) is 0 Å². The van der Waals surface area contributed by atoms with Gasteiger partial charge in [0.2, 0.25) is 0 Å². The number of para-hydroxylation sites is 1. The molecule has 0 fully saturated rings. The molecular formula is C84H66N4OS. The standard InChI is InChI=1S/C84H66N4OS/c1-7-54-30-44-71-72-47-43-67(53-76(72)84(5,6)75(71)48-54)88(66-42-46-70-60(51-66)34-33-59-50-64(41-45-69(59)70)86(61-20-12-9-13-21-61)63-22-14-23-68(52-63)89-83(2,3)4)80-29-17-26-77(85-80)73-24-16-28-79-81(73)74-25-15-27-78(82(74)90-79)87(65-40-37-57-31-32-58(57)49-65)62-38-35-56(36-39-62)55-18-10-8-11-19-55/h7-30,33-53H,1,31-32H2,2-6H3. The second kappa shape index (κ2) is 21.7. The van der Waals surface area contributed by atoms with Crippen LogP contribution in [0.4, 0.5) is 51.3 Å². The maximum Gasteiger partial charge on any atom is 0.138 e. The van der Waals surface area contributed by atoms with Crippen LogP contribution in [0.1, 0.15) is 62.4 Å². The highest BCUT2D eigenvalue weighted by atomic mass is 32.1. The van der Waals surface area contributed by atoms with Crippen LogP contribution in [0.15, 0.2) is 273 Å². The molecule has 2 aromatic heterocycles. The summed E-state index contributed by atoms with van der Waals surface area (Å²) in [5.74, 6) is 1.67. The van der Waals surface area contributed by atoms with Gasteiger partial charge >= 0.3 is 0 Å². The lowest BCUT2D eigenvalue weighted by Gasteiger charge is -2.29. The number of thiophene rings is 1. The summed E-state index contributed by atoms with van der Waals surface area (Å²) < 4.78 is 8.84. The maximum absolute atomic E-state index is 6.38. The molecule has 0 spiro atoms. The Labute approximate surface area is 530 Å². The number of fused-ring (bicyclic) bond motifs is 10. The lowest BCUT2D eigenvalue weighted by Crippen LogP contribution is -2.23. The molecule has 6 heteroatoms. The van der Waals surface area contributed by atoms with Gasteiger partial charge in [0.25, 0.3) is 0 Å². The molecule has 0 N–H and O–H groups in total. The highest BCUT2D eigenvalue weighted by molar-refractivity contribution is 7.26. The molecular weight excluding hydrogens is 1110 g/mol. The molecule has 0 saturated carbocycles. The van der Waals surface area contributed by atoms with Crippen LogP contribution in [0.25, 0.3) is 81.3 Å². The van der Waals surface area contributed by atoms with Gasteiger partial charge in [-0.2, -0.15) is 0 Å². The van der Waals surface area contributed by atoms with Crippen molar-refractivity contribution in [3.05, 3.63) is 301 Å². The molecule has 0 amide bonds. The zero-order valence-corrected chi connectivity index (χ0v) is 52.0. The second-order valence-electron chi connectivity index (χ2n) is 25.5. The Morgan fingerprint density at radius 1 is 0.456 bits per heavy atom. The largest absolute Gasteiger partial charge is 0.488 e. The second-order valence-corrected chi connectivity index (χ2v) is 26.5. The number of anilines is 9. The minimum absolute atomic E-state index is 0.252. The van der Waals surface area contributed by atoms with Crippen LogP contribution in [0.5, 0.6) is 5.75 Å². The van der Waals surface area contributed by atoms with Crippen molar-refractivity contribution < 1.29 is 4.74 Å². The van der Waals surface area contributed by atoms with E-state index in [1.807, 2.05) is 23.5 Å². The molecule has 0 unspecified atom stereocenters. The number of hydrogen-bond donors (Lipinski definition) is 0. The molecule has 2 heterocycles. The van der Waals surface area contributed by atoms with Gasteiger partial charge in [-0.25, -0.2) is 4.98 Å². The summed E-state index contributed by atoms with van der Waals surface area (Å²) in [5, 5.41) is 7.08. The fraction of sp³-hybridized carbons (Fsp3) is 0.107. The first-order valence-corrected chi connectivity index (χ1v) is 32.0. The van der Waals surface area contributed by atoms with E-state index >= 15 is 0 Å². The van der Waals surface area contributed by atoms with Crippen molar-refractivity contribution in [2.75, 3.05) is 14.7 Å². The predicted molar refractivity (Wildman–Crippen MR) is 383 cm³/mol. The minimum atomic E-state index is -0.328. The summed E-state index contributed by atoms with van der Waals surface area (Å²) in [7, 11) is 0. The molecule has 0 aliphatic heterocycles. The van der Waals surface area contributed by atoms with E-state index in [-0.39, 0.29) is 11.0 Å². The van der Waals surface area contributed by atoms with Crippen LogP contribution in [-0.2, 0) is 18.3 Å². The topological polar surface area (TPSA) is 31.8 Å². The molecule has 2 aliphatic carbocycles. The monoisotopic (exact) mass is 1180 g/mol. The smallest absolute Gasteiger partial charge is 0.138 e. The van der Waals surface area contributed by atoms with E-state index in [0.29, 0.717) is 0 Å². The van der Waals surface area contributed by atoms with Crippen molar-refractivity contribution in [1.29, 1.82) is 0 Å². The fourth-order valence-electron chi connectivity index (χ4n) is 13.9. The fourth-order valence-corrected chi connectivity index (χ4v) is 15.1. The van der Waals surface area contributed by atoms with E-state index in [0.717, 1.165) is 91.8 Å². The van der Waals surface area contributed by atoms with Gasteiger partial charge in [-0.3, -0.25) is 4.90 Å². The zero-order valence-electron chi connectivity index (χ0n) is 51.2. The number of hydrogen-bond acceptors (Lipinski definition) is 6. The van der Waals surface area contributed by atoms with E-state index in [4.69, 9.17) is 9.72 Å². The molecule has 16 rings (SSSR count). The Hall–Kier alpha value is -10.5. The van der Waals surface area contributed by atoms with E-state index in [1.165, 1.54) is 81.1 Å². The molecule has 434 valence electrons. The van der Waals surface area contributed by atoms with Crippen LogP contribution in [-0.4, -0.2) is 10.6 Å². The Bertz CT molecular complexity index is 5160. The predicted octanol–water partition coefficient (Wildman–Crippen LogP) is 23.7. The first kappa shape index (κ1) is 54.8. The first-order valence-electron chi connectivity index (χ1n) is 31.2. The Morgan fingerprint density at radius 3 is 1.77 bits per heavy atom. The van der Waals surface area contributed by atoms with E-state index in [9.17, 15) is 0 Å². The molecule has 2 aliphatic rings. The van der Waals surface area contributed by atoms with Crippen molar-refractivity contribution in [3.63, 3.8) is 0 Å². The summed E-state index contributed by atoms with van der Waals surface area (Å²) in [4.78, 5) is 12.9. The van der Waals surface area contributed by atoms with Crippen LogP contribution >= 0.6 is 11.3 Å². The van der Waals surface area contributed by atoms with Gasteiger partial charge < -0.3 is 14.5 Å². The third-order valence-electron chi connectivity index (χ3n) is 18.3. The van der Waals surface area contributed by atoms with Gasteiger partial charge in [0.1, 0.15) is 17.2 Å². The van der Waals surface area contributed by atoms with Gasteiger partial charge in [-0.1, -0.05) is 178 Å². The number of ether oxygens (including phenoxy) is 1. The van der Waals surface area contributed by atoms with Crippen molar-refractivity contribution in [3.8, 4) is 39.3 Å². The van der Waals surface area contributed by atoms with Crippen LogP contribution in [0.3, 0.4) is 0 Å². The number of pyridine rings is 1. The van der Waals surface area contributed by atoms with Crippen LogP contribution < -0.4 is 19.4 Å². The number of nitrogens with zero attached hydrogens (tertiary/aromatic N) is 4. The lowest BCUT2D eigenvalue weighted by atomic mass is 9.82. The Balaban J connectivity index is 0.816. The summed E-state index contributed by atoms with van der Waals surface area (Å²) in [6, 6.07) is 97.9. The highest BCUT2D eigenvalue weighted by Gasteiger charge is 2.36. The van der Waals surface area contributed by atoms with E-state index in [2.05, 4.69) is 317 Å². The highest BCUT2D eigenvalue weighted by Crippen LogP contribution is 2.53. The number of aromatic nitrogens is 1. The average Bonchev–Trinajstić information content (AvgIpc) is 1.60. The zero-order chi connectivity index (χ0) is 60.8. The average molecular weight is 1180 g/mol. The quantitative estimate of drug-likeness (QED) is 0.107. The molecule has 0 saturated heterocycles. The van der Waals surface area contributed by atoms with Crippen molar-refractivity contribution in [2.45, 2.75) is 58.5 Å². The lowest BCUT2D eigenvalue weighted by molar-refractivity contribution is 0.131. The number of rotatable bonds is 13. The normalized spacial score (nSPS) is 13.0. The van der Waals surface area contributed by atoms with Crippen molar-refractivity contribution >= 4 is 110 Å². The van der Waals surface area contributed by atoms with Gasteiger partial charge in [0.05, 0.1) is 16.1 Å². The number of aryl methyl sites for hydroxylation is 2. The molecule has 0 atom stereocenters. The van der Waals surface area contributed by atoms with Gasteiger partial charge in [0, 0.05) is 72.3 Å². The molecule has 14 aromatic rings. The first-order chi connectivity index (χ1) is 43.9. The number of benzene rings is 12.